The first kappa shape index (κ1) is 15.6. The zero-order valence-corrected chi connectivity index (χ0v) is 12.1. The number of carbonyl (C=O) groups excluding carboxylic acids is 1. The Labute approximate surface area is 132 Å². The highest BCUT2D eigenvalue weighted by Gasteiger charge is 2.30. The van der Waals surface area contributed by atoms with Crippen molar-refractivity contribution in [2.45, 2.75) is 6.18 Å². The fourth-order valence-corrected chi connectivity index (χ4v) is 2.62. The van der Waals surface area contributed by atoms with Gasteiger partial charge in [-0.1, -0.05) is 23.7 Å². The summed E-state index contributed by atoms with van der Waals surface area (Å²) in [6, 6.07) is 6.76. The standard InChI is InChI=1S/C16H8ClF4NO/c17-10-5-11-12(7-23)14(22-15(11)13(18)6-10)8-1-3-9(4-2-8)16(19,20)21/h1-7,22H. The number of carbonyl (C=O) groups is 1. The van der Waals surface area contributed by atoms with Crippen molar-refractivity contribution < 1.29 is 22.4 Å². The maximum absolute atomic E-state index is 13.9. The van der Waals surface area contributed by atoms with E-state index in [1.165, 1.54) is 18.2 Å². The molecule has 0 bridgehead atoms. The van der Waals surface area contributed by atoms with E-state index in [-0.39, 0.29) is 27.2 Å². The van der Waals surface area contributed by atoms with Gasteiger partial charge in [0.25, 0.3) is 0 Å². The molecule has 1 heterocycles. The largest absolute Gasteiger partial charge is 0.416 e. The Bertz CT molecular complexity index is 897. The van der Waals surface area contributed by atoms with Gasteiger partial charge in [-0.3, -0.25) is 4.79 Å². The molecule has 118 valence electrons. The van der Waals surface area contributed by atoms with Crippen molar-refractivity contribution in [2.75, 3.05) is 0 Å². The Kier molecular flexibility index (Phi) is 3.64. The highest BCUT2D eigenvalue weighted by Crippen LogP contribution is 2.34. The van der Waals surface area contributed by atoms with E-state index in [1.807, 2.05) is 0 Å². The number of aromatic amines is 1. The predicted octanol–water partition coefficient (Wildman–Crippen LogP) is 5.46. The van der Waals surface area contributed by atoms with E-state index in [2.05, 4.69) is 4.98 Å². The molecule has 0 radical (unpaired) electrons. The second-order valence-corrected chi connectivity index (χ2v) is 5.35. The Morgan fingerprint density at radius 1 is 1.09 bits per heavy atom. The predicted molar refractivity (Wildman–Crippen MR) is 79.1 cm³/mol. The van der Waals surface area contributed by atoms with Crippen LogP contribution in [-0.4, -0.2) is 11.3 Å². The van der Waals surface area contributed by atoms with Gasteiger partial charge in [-0.05, 0) is 29.8 Å². The average Bonchev–Trinajstić information content (AvgIpc) is 2.85. The van der Waals surface area contributed by atoms with Gasteiger partial charge in [-0.25, -0.2) is 4.39 Å². The van der Waals surface area contributed by atoms with Crippen molar-refractivity contribution in [3.63, 3.8) is 0 Å². The minimum atomic E-state index is -4.45. The monoisotopic (exact) mass is 341 g/mol. The number of hydrogen-bond donors (Lipinski definition) is 1. The molecule has 2 aromatic carbocycles. The molecular formula is C16H8ClF4NO. The van der Waals surface area contributed by atoms with Crippen molar-refractivity contribution in [1.82, 2.24) is 4.98 Å². The first-order chi connectivity index (χ1) is 10.8. The third-order valence-corrected chi connectivity index (χ3v) is 3.70. The van der Waals surface area contributed by atoms with Crippen LogP contribution < -0.4 is 0 Å². The van der Waals surface area contributed by atoms with Gasteiger partial charge in [0.15, 0.2) is 6.29 Å². The molecule has 3 rings (SSSR count). The smallest absolute Gasteiger partial charge is 0.352 e. The molecule has 0 fully saturated rings. The molecule has 3 aromatic rings. The molecule has 0 atom stereocenters. The lowest BCUT2D eigenvalue weighted by Crippen LogP contribution is -2.04. The molecule has 0 unspecified atom stereocenters. The molecule has 0 aliphatic carbocycles. The van der Waals surface area contributed by atoms with E-state index < -0.39 is 17.6 Å². The molecule has 0 aliphatic heterocycles. The number of H-pyrrole nitrogens is 1. The lowest BCUT2D eigenvalue weighted by Gasteiger charge is -2.07. The SMILES string of the molecule is O=Cc1c(-c2ccc(C(F)(F)F)cc2)[nH]c2c(F)cc(Cl)cc12. The van der Waals surface area contributed by atoms with E-state index in [9.17, 15) is 22.4 Å². The van der Waals surface area contributed by atoms with Crippen LogP contribution in [0.1, 0.15) is 15.9 Å². The number of alkyl halides is 3. The Morgan fingerprint density at radius 2 is 1.74 bits per heavy atom. The van der Waals surface area contributed by atoms with Crippen LogP contribution in [0, 0.1) is 5.82 Å². The molecule has 1 aromatic heterocycles. The van der Waals surface area contributed by atoms with Crippen LogP contribution in [0.15, 0.2) is 36.4 Å². The van der Waals surface area contributed by atoms with E-state index in [1.54, 1.807) is 0 Å². The van der Waals surface area contributed by atoms with Gasteiger partial charge < -0.3 is 4.98 Å². The molecule has 0 saturated carbocycles. The third kappa shape index (κ3) is 2.70. The fraction of sp³-hybridized carbons (Fsp3) is 0.0625. The van der Waals surface area contributed by atoms with Crippen LogP contribution in [0.4, 0.5) is 17.6 Å². The van der Waals surface area contributed by atoms with Crippen LogP contribution in [0.25, 0.3) is 22.2 Å². The Balaban J connectivity index is 2.20. The highest BCUT2D eigenvalue weighted by molar-refractivity contribution is 6.31. The van der Waals surface area contributed by atoms with E-state index in [0.717, 1.165) is 18.2 Å². The van der Waals surface area contributed by atoms with Crippen LogP contribution in [0.5, 0.6) is 0 Å². The van der Waals surface area contributed by atoms with Gasteiger partial charge in [-0.15, -0.1) is 0 Å². The number of rotatable bonds is 2. The van der Waals surface area contributed by atoms with E-state index >= 15 is 0 Å². The van der Waals surface area contributed by atoms with Crippen molar-refractivity contribution in [1.29, 1.82) is 0 Å². The molecule has 23 heavy (non-hydrogen) atoms. The summed E-state index contributed by atoms with van der Waals surface area (Å²) in [5, 5.41) is 0.399. The van der Waals surface area contributed by atoms with Crippen molar-refractivity contribution in [3.05, 3.63) is 58.4 Å². The number of hydrogen-bond acceptors (Lipinski definition) is 1. The second-order valence-electron chi connectivity index (χ2n) is 4.92. The zero-order valence-electron chi connectivity index (χ0n) is 11.3. The number of aldehydes is 1. The number of fused-ring (bicyclic) bond motifs is 1. The topological polar surface area (TPSA) is 32.9 Å². The number of halogens is 5. The van der Waals surface area contributed by atoms with Gasteiger partial charge in [0, 0.05) is 16.0 Å². The molecule has 1 N–H and O–H groups in total. The van der Waals surface area contributed by atoms with Gasteiger partial charge >= 0.3 is 6.18 Å². The number of benzene rings is 2. The molecule has 0 spiro atoms. The summed E-state index contributed by atoms with van der Waals surface area (Å²) in [6.07, 6.45) is -3.94. The Morgan fingerprint density at radius 3 is 2.30 bits per heavy atom. The van der Waals surface area contributed by atoms with Crippen LogP contribution in [0.3, 0.4) is 0 Å². The number of aromatic nitrogens is 1. The van der Waals surface area contributed by atoms with Crippen LogP contribution in [-0.2, 0) is 6.18 Å². The average molecular weight is 342 g/mol. The molecular weight excluding hydrogens is 334 g/mol. The minimum Gasteiger partial charge on any atom is -0.352 e. The van der Waals surface area contributed by atoms with Crippen molar-refractivity contribution in [2.24, 2.45) is 0 Å². The minimum absolute atomic E-state index is 0.0754. The van der Waals surface area contributed by atoms with Gasteiger partial charge in [0.05, 0.1) is 16.8 Å². The maximum Gasteiger partial charge on any atom is 0.416 e. The highest BCUT2D eigenvalue weighted by atomic mass is 35.5. The molecule has 2 nitrogen and oxygen atoms in total. The summed E-state index contributed by atoms with van der Waals surface area (Å²) in [7, 11) is 0. The van der Waals surface area contributed by atoms with Crippen LogP contribution >= 0.6 is 11.6 Å². The van der Waals surface area contributed by atoms with E-state index in [4.69, 9.17) is 11.6 Å². The third-order valence-electron chi connectivity index (χ3n) is 3.48. The summed E-state index contributed by atoms with van der Waals surface area (Å²) < 4.78 is 51.7. The van der Waals surface area contributed by atoms with Crippen LogP contribution in [0.2, 0.25) is 5.02 Å². The van der Waals surface area contributed by atoms with Gasteiger partial charge in [0.2, 0.25) is 0 Å². The summed E-state index contributed by atoms with van der Waals surface area (Å²) in [5.74, 6) is -0.645. The summed E-state index contributed by atoms with van der Waals surface area (Å²) in [4.78, 5) is 14.1. The first-order valence-electron chi connectivity index (χ1n) is 6.45. The Hall–Kier alpha value is -2.34. The van der Waals surface area contributed by atoms with Gasteiger partial charge in [0.1, 0.15) is 5.82 Å². The number of nitrogens with one attached hydrogen (secondary N) is 1. The van der Waals surface area contributed by atoms with E-state index in [0.29, 0.717) is 11.8 Å². The summed E-state index contributed by atoms with van der Waals surface area (Å²) in [5.41, 5.74) is -0.0106. The molecule has 0 saturated heterocycles. The van der Waals surface area contributed by atoms with Gasteiger partial charge in [-0.2, -0.15) is 13.2 Å². The summed E-state index contributed by atoms with van der Waals surface area (Å²) >= 11 is 5.78. The zero-order chi connectivity index (χ0) is 16.8. The first-order valence-corrected chi connectivity index (χ1v) is 6.82. The second kappa shape index (κ2) is 5.38. The maximum atomic E-state index is 13.9. The lowest BCUT2D eigenvalue weighted by atomic mass is 10.0. The van der Waals surface area contributed by atoms with Crippen molar-refractivity contribution >= 4 is 28.8 Å². The summed E-state index contributed by atoms with van der Waals surface area (Å²) in [6.45, 7) is 0. The molecule has 0 amide bonds. The quantitative estimate of drug-likeness (QED) is 0.487. The normalized spacial score (nSPS) is 11.9. The molecule has 0 aliphatic rings. The lowest BCUT2D eigenvalue weighted by molar-refractivity contribution is -0.137. The van der Waals surface area contributed by atoms with Crippen molar-refractivity contribution in [3.8, 4) is 11.3 Å². The molecule has 7 heteroatoms. The fourth-order valence-electron chi connectivity index (χ4n) is 2.42.